The Morgan fingerprint density at radius 1 is 1.43 bits per heavy atom. The van der Waals surface area contributed by atoms with E-state index < -0.39 is 5.82 Å². The quantitative estimate of drug-likeness (QED) is 0.824. The maximum Gasteiger partial charge on any atom is 0.222 e. The molecule has 1 aromatic heterocycles. The predicted octanol–water partition coefficient (Wildman–Crippen LogP) is 3.81. The summed E-state index contributed by atoms with van der Waals surface area (Å²) in [5.74, 6) is 0.662. The summed E-state index contributed by atoms with van der Waals surface area (Å²) in [7, 11) is 1.82. The smallest absolute Gasteiger partial charge is 0.222 e. The molecule has 2 rings (SSSR count). The van der Waals surface area contributed by atoms with Crippen LogP contribution in [-0.2, 0) is 13.6 Å². The summed E-state index contributed by atoms with van der Waals surface area (Å²) in [6, 6.07) is 4.30. The molecule has 0 radical (unpaired) electrons. The maximum atomic E-state index is 13.2. The van der Waals surface area contributed by atoms with Crippen molar-refractivity contribution < 1.29 is 9.13 Å². The number of aryl methyl sites for hydroxylation is 2. The zero-order valence-electron chi connectivity index (χ0n) is 12.4. The van der Waals surface area contributed by atoms with E-state index in [1.807, 2.05) is 14.0 Å². The minimum absolute atomic E-state index is 0.0389. The van der Waals surface area contributed by atoms with Crippen molar-refractivity contribution in [1.29, 1.82) is 0 Å². The number of hydrogen-bond acceptors (Lipinski definition) is 3. The van der Waals surface area contributed by atoms with E-state index >= 15 is 0 Å². The molecule has 1 heterocycles. The Bertz CT molecular complexity index is 628. The Hall–Kier alpha value is -1.59. The van der Waals surface area contributed by atoms with Gasteiger partial charge in [0.15, 0.2) is 0 Å². The lowest BCUT2D eigenvalue weighted by atomic mass is 10.2. The molecule has 0 fully saturated rings. The molecule has 0 aliphatic heterocycles. The number of rotatable bonds is 6. The number of benzene rings is 1. The Morgan fingerprint density at radius 2 is 2.19 bits per heavy atom. The SMILES string of the molecule is CCCNCc1c(C)nn(C)c1Oc1ccc(F)c(Cl)c1. The summed E-state index contributed by atoms with van der Waals surface area (Å²) in [5, 5.41) is 7.74. The Labute approximate surface area is 128 Å². The van der Waals surface area contributed by atoms with E-state index in [9.17, 15) is 4.39 Å². The molecule has 114 valence electrons. The first-order valence-corrected chi connectivity index (χ1v) is 7.26. The third kappa shape index (κ3) is 3.74. The standard InChI is InChI=1S/C15H19ClFN3O/c1-4-7-18-9-12-10(2)19-20(3)15(12)21-11-5-6-14(17)13(16)8-11/h5-6,8,18H,4,7,9H2,1-3H3. The molecule has 4 nitrogen and oxygen atoms in total. The number of halogens is 2. The van der Waals surface area contributed by atoms with Gasteiger partial charge in [-0.25, -0.2) is 9.07 Å². The highest BCUT2D eigenvalue weighted by Crippen LogP contribution is 2.29. The first kappa shape index (κ1) is 15.8. The van der Waals surface area contributed by atoms with Crippen molar-refractivity contribution in [1.82, 2.24) is 15.1 Å². The number of ether oxygens (including phenoxy) is 1. The highest BCUT2D eigenvalue weighted by Gasteiger charge is 2.15. The van der Waals surface area contributed by atoms with Gasteiger partial charge in [0, 0.05) is 19.7 Å². The first-order chi connectivity index (χ1) is 10.0. The number of nitrogens with one attached hydrogen (secondary N) is 1. The van der Waals surface area contributed by atoms with Crippen molar-refractivity contribution >= 4 is 11.6 Å². The van der Waals surface area contributed by atoms with Crippen molar-refractivity contribution in [2.24, 2.45) is 7.05 Å². The van der Waals surface area contributed by atoms with Crippen LogP contribution in [0.5, 0.6) is 11.6 Å². The second-order valence-corrected chi connectivity index (χ2v) is 5.25. The molecule has 1 aromatic carbocycles. The van der Waals surface area contributed by atoms with Crippen LogP contribution in [0.15, 0.2) is 18.2 Å². The van der Waals surface area contributed by atoms with Crippen molar-refractivity contribution in [3.8, 4) is 11.6 Å². The second kappa shape index (κ2) is 6.91. The fourth-order valence-electron chi connectivity index (χ4n) is 2.05. The summed E-state index contributed by atoms with van der Waals surface area (Å²) < 4.78 is 20.7. The highest BCUT2D eigenvalue weighted by atomic mass is 35.5. The van der Waals surface area contributed by atoms with Gasteiger partial charge in [-0.05, 0) is 32.0 Å². The number of nitrogens with zero attached hydrogens (tertiary/aromatic N) is 2. The van der Waals surface area contributed by atoms with Crippen LogP contribution in [-0.4, -0.2) is 16.3 Å². The van der Waals surface area contributed by atoms with Crippen LogP contribution in [0.4, 0.5) is 4.39 Å². The molecule has 0 aliphatic carbocycles. The predicted molar refractivity (Wildman–Crippen MR) is 81.4 cm³/mol. The average molecular weight is 312 g/mol. The Morgan fingerprint density at radius 3 is 2.86 bits per heavy atom. The minimum atomic E-state index is -0.463. The molecule has 0 amide bonds. The lowest BCUT2D eigenvalue weighted by Crippen LogP contribution is -2.14. The van der Waals surface area contributed by atoms with Gasteiger partial charge in [0.25, 0.3) is 0 Å². The third-order valence-corrected chi connectivity index (χ3v) is 3.41. The van der Waals surface area contributed by atoms with Crippen LogP contribution >= 0.6 is 11.6 Å². The fraction of sp³-hybridized carbons (Fsp3) is 0.400. The molecular formula is C15H19ClFN3O. The molecule has 0 unspecified atom stereocenters. The van der Waals surface area contributed by atoms with E-state index in [1.165, 1.54) is 12.1 Å². The van der Waals surface area contributed by atoms with Crippen molar-refractivity contribution in [3.63, 3.8) is 0 Å². The zero-order chi connectivity index (χ0) is 15.4. The van der Waals surface area contributed by atoms with Crippen LogP contribution in [0.3, 0.4) is 0 Å². The van der Waals surface area contributed by atoms with Crippen molar-refractivity contribution in [3.05, 3.63) is 40.3 Å². The molecule has 2 aromatic rings. The monoisotopic (exact) mass is 311 g/mol. The zero-order valence-corrected chi connectivity index (χ0v) is 13.2. The molecular weight excluding hydrogens is 293 g/mol. The normalized spacial score (nSPS) is 10.9. The van der Waals surface area contributed by atoms with E-state index in [0.717, 1.165) is 24.2 Å². The van der Waals surface area contributed by atoms with E-state index in [2.05, 4.69) is 17.3 Å². The van der Waals surface area contributed by atoms with Gasteiger partial charge < -0.3 is 10.1 Å². The summed E-state index contributed by atoms with van der Waals surface area (Å²) in [6.07, 6.45) is 1.06. The van der Waals surface area contributed by atoms with Crippen molar-refractivity contribution in [2.75, 3.05) is 6.54 Å². The molecule has 0 atom stereocenters. The number of hydrogen-bond donors (Lipinski definition) is 1. The van der Waals surface area contributed by atoms with Gasteiger partial charge in [-0.3, -0.25) is 0 Å². The lowest BCUT2D eigenvalue weighted by molar-refractivity contribution is 0.423. The van der Waals surface area contributed by atoms with E-state index in [-0.39, 0.29) is 5.02 Å². The highest BCUT2D eigenvalue weighted by molar-refractivity contribution is 6.30. The topological polar surface area (TPSA) is 39.1 Å². The number of aromatic nitrogens is 2. The van der Waals surface area contributed by atoms with E-state index in [4.69, 9.17) is 16.3 Å². The van der Waals surface area contributed by atoms with Gasteiger partial charge >= 0.3 is 0 Å². The van der Waals surface area contributed by atoms with Gasteiger partial charge in [-0.2, -0.15) is 5.10 Å². The maximum absolute atomic E-state index is 13.2. The Kier molecular flexibility index (Phi) is 5.20. The molecule has 1 N–H and O–H groups in total. The molecule has 0 bridgehead atoms. The van der Waals surface area contributed by atoms with Crippen molar-refractivity contribution in [2.45, 2.75) is 26.8 Å². The molecule has 6 heteroatoms. The molecule has 0 aliphatic rings. The second-order valence-electron chi connectivity index (χ2n) is 4.85. The van der Waals surface area contributed by atoms with Crippen LogP contribution < -0.4 is 10.1 Å². The first-order valence-electron chi connectivity index (χ1n) is 6.89. The molecule has 21 heavy (non-hydrogen) atoms. The Balaban J connectivity index is 2.23. The summed E-state index contributed by atoms with van der Waals surface area (Å²) in [4.78, 5) is 0. The van der Waals surface area contributed by atoms with Crippen LogP contribution in [0.1, 0.15) is 24.6 Å². The van der Waals surface area contributed by atoms with Crippen LogP contribution in [0.25, 0.3) is 0 Å². The third-order valence-electron chi connectivity index (χ3n) is 3.12. The van der Waals surface area contributed by atoms with Gasteiger partial charge in [0.1, 0.15) is 11.6 Å². The summed E-state index contributed by atoms with van der Waals surface area (Å²) in [5.41, 5.74) is 1.90. The van der Waals surface area contributed by atoms with Crippen LogP contribution in [0.2, 0.25) is 5.02 Å². The summed E-state index contributed by atoms with van der Waals surface area (Å²) in [6.45, 7) is 5.66. The van der Waals surface area contributed by atoms with Gasteiger partial charge in [-0.1, -0.05) is 18.5 Å². The minimum Gasteiger partial charge on any atom is -0.439 e. The van der Waals surface area contributed by atoms with Gasteiger partial charge in [0.05, 0.1) is 16.3 Å². The molecule has 0 spiro atoms. The van der Waals surface area contributed by atoms with Gasteiger partial charge in [-0.15, -0.1) is 0 Å². The largest absolute Gasteiger partial charge is 0.439 e. The van der Waals surface area contributed by atoms with E-state index in [0.29, 0.717) is 18.2 Å². The summed E-state index contributed by atoms with van der Waals surface area (Å²) >= 11 is 5.78. The fourth-order valence-corrected chi connectivity index (χ4v) is 2.22. The molecule has 0 saturated carbocycles. The average Bonchev–Trinajstić information content (AvgIpc) is 2.70. The lowest BCUT2D eigenvalue weighted by Gasteiger charge is -2.10. The van der Waals surface area contributed by atoms with Gasteiger partial charge in [0.2, 0.25) is 5.88 Å². The van der Waals surface area contributed by atoms with E-state index in [1.54, 1.807) is 10.7 Å². The molecule has 0 saturated heterocycles. The van der Waals surface area contributed by atoms with Crippen LogP contribution in [0, 0.1) is 12.7 Å².